The van der Waals surface area contributed by atoms with E-state index in [0.29, 0.717) is 18.2 Å². The number of carbonyl (C=O) groups excluding carboxylic acids is 1. The number of anilines is 2. The van der Waals surface area contributed by atoms with Crippen LogP contribution in [0, 0.1) is 20.8 Å². The zero-order chi connectivity index (χ0) is 20.1. The lowest BCUT2D eigenvalue weighted by atomic mass is 10.1. The normalized spacial score (nSPS) is 10.6. The minimum Gasteiger partial charge on any atom is -0.354 e. The molecule has 0 unspecified atom stereocenters. The lowest BCUT2D eigenvalue weighted by molar-refractivity contribution is 0.102. The van der Waals surface area contributed by atoms with E-state index in [9.17, 15) is 4.79 Å². The molecule has 0 bridgehead atoms. The number of benzene rings is 2. The third kappa shape index (κ3) is 5.30. The van der Waals surface area contributed by atoms with E-state index in [-0.39, 0.29) is 5.91 Å². The Morgan fingerprint density at radius 2 is 1.75 bits per heavy atom. The smallest absolute Gasteiger partial charge is 0.274 e. The predicted octanol–water partition coefficient (Wildman–Crippen LogP) is 4.96. The van der Waals surface area contributed by atoms with Gasteiger partial charge in [-0.05, 0) is 62.6 Å². The van der Waals surface area contributed by atoms with Crippen LogP contribution in [0.15, 0.2) is 48.5 Å². The molecule has 5 nitrogen and oxygen atoms in total. The molecule has 1 heterocycles. The Morgan fingerprint density at radius 1 is 1.00 bits per heavy atom. The Balaban J connectivity index is 1.66. The summed E-state index contributed by atoms with van der Waals surface area (Å²) < 4.78 is 0. The zero-order valence-electron chi connectivity index (χ0n) is 16.2. The number of amides is 1. The van der Waals surface area contributed by atoms with Crippen molar-refractivity contribution in [1.82, 2.24) is 9.97 Å². The van der Waals surface area contributed by atoms with Crippen molar-refractivity contribution in [1.29, 1.82) is 0 Å². The van der Waals surface area contributed by atoms with E-state index in [4.69, 9.17) is 11.6 Å². The van der Waals surface area contributed by atoms with Crippen LogP contribution < -0.4 is 10.6 Å². The van der Waals surface area contributed by atoms with E-state index >= 15 is 0 Å². The molecule has 0 fully saturated rings. The van der Waals surface area contributed by atoms with Crippen LogP contribution in [0.25, 0.3) is 0 Å². The third-order valence-electron chi connectivity index (χ3n) is 4.33. The van der Waals surface area contributed by atoms with Gasteiger partial charge < -0.3 is 10.6 Å². The molecule has 0 aliphatic rings. The van der Waals surface area contributed by atoms with Crippen molar-refractivity contribution in [2.24, 2.45) is 0 Å². The van der Waals surface area contributed by atoms with Gasteiger partial charge in [0.2, 0.25) is 5.95 Å². The second kappa shape index (κ2) is 8.85. The summed E-state index contributed by atoms with van der Waals surface area (Å²) in [5, 5.41) is 6.84. The van der Waals surface area contributed by atoms with Crippen molar-refractivity contribution in [2.75, 3.05) is 17.2 Å². The number of nitrogens with zero attached hydrogens (tertiary/aromatic N) is 2. The second-order valence-electron chi connectivity index (χ2n) is 6.79. The first-order valence-corrected chi connectivity index (χ1v) is 9.51. The van der Waals surface area contributed by atoms with Crippen LogP contribution in [0.4, 0.5) is 11.6 Å². The molecule has 1 amide bonds. The maximum absolute atomic E-state index is 12.6. The molecule has 6 heteroatoms. The first kappa shape index (κ1) is 19.8. The molecule has 2 aromatic carbocycles. The number of hydrogen-bond acceptors (Lipinski definition) is 4. The molecule has 0 spiro atoms. The largest absolute Gasteiger partial charge is 0.354 e. The van der Waals surface area contributed by atoms with Gasteiger partial charge in [0, 0.05) is 22.9 Å². The Hall–Kier alpha value is -2.92. The van der Waals surface area contributed by atoms with E-state index in [1.165, 1.54) is 0 Å². The molecule has 3 rings (SSSR count). The molecular formula is C22H23ClN4O. The van der Waals surface area contributed by atoms with Gasteiger partial charge in [-0.1, -0.05) is 41.4 Å². The highest BCUT2D eigenvalue weighted by molar-refractivity contribution is 6.30. The van der Waals surface area contributed by atoms with Gasteiger partial charge in [-0.3, -0.25) is 4.79 Å². The fraction of sp³-hybridized carbons (Fsp3) is 0.227. The van der Waals surface area contributed by atoms with Crippen molar-refractivity contribution in [2.45, 2.75) is 27.2 Å². The maximum Gasteiger partial charge on any atom is 0.274 e. The third-order valence-corrected chi connectivity index (χ3v) is 4.58. The van der Waals surface area contributed by atoms with Gasteiger partial charge in [-0.25, -0.2) is 9.97 Å². The number of hydrogen-bond donors (Lipinski definition) is 2. The molecule has 0 aliphatic carbocycles. The van der Waals surface area contributed by atoms with Gasteiger partial charge in [0.1, 0.15) is 5.69 Å². The Labute approximate surface area is 170 Å². The summed E-state index contributed by atoms with van der Waals surface area (Å²) in [6, 6.07) is 15.3. The van der Waals surface area contributed by atoms with Gasteiger partial charge in [-0.15, -0.1) is 0 Å². The van der Waals surface area contributed by atoms with Crippen molar-refractivity contribution in [3.05, 3.63) is 81.6 Å². The van der Waals surface area contributed by atoms with Crippen LogP contribution in [0.1, 0.15) is 32.9 Å². The summed E-state index contributed by atoms with van der Waals surface area (Å²) in [7, 11) is 0. The topological polar surface area (TPSA) is 66.9 Å². The second-order valence-corrected chi connectivity index (χ2v) is 7.23. The number of nitrogens with one attached hydrogen (secondary N) is 2. The van der Waals surface area contributed by atoms with E-state index in [0.717, 1.165) is 39.5 Å². The summed E-state index contributed by atoms with van der Waals surface area (Å²) in [5.41, 5.74) is 5.18. The van der Waals surface area contributed by atoms with E-state index in [2.05, 4.69) is 20.6 Å². The quantitative estimate of drug-likeness (QED) is 0.619. The van der Waals surface area contributed by atoms with Gasteiger partial charge in [0.25, 0.3) is 5.91 Å². The molecule has 28 heavy (non-hydrogen) atoms. The molecule has 2 N–H and O–H groups in total. The highest BCUT2D eigenvalue weighted by Crippen LogP contribution is 2.17. The average Bonchev–Trinajstić information content (AvgIpc) is 2.65. The standard InChI is InChI=1S/C22H23ClN4O/c1-14-4-9-19(15(2)12-14)26-21(28)20-13-16(3)25-22(27-20)24-11-10-17-5-7-18(23)8-6-17/h4-9,12-13H,10-11H2,1-3H3,(H,26,28)(H,24,25,27). The first-order chi connectivity index (χ1) is 13.4. The number of aromatic nitrogens is 2. The van der Waals surface area contributed by atoms with Crippen molar-refractivity contribution in [3.8, 4) is 0 Å². The summed E-state index contributed by atoms with van der Waals surface area (Å²) in [6.45, 7) is 6.50. The molecule has 0 saturated heterocycles. The number of carbonyl (C=O) groups is 1. The zero-order valence-corrected chi connectivity index (χ0v) is 17.0. The monoisotopic (exact) mass is 394 g/mol. The number of rotatable bonds is 6. The Morgan fingerprint density at radius 3 is 2.46 bits per heavy atom. The summed E-state index contributed by atoms with van der Waals surface area (Å²) in [5.74, 6) is 0.193. The fourth-order valence-electron chi connectivity index (χ4n) is 2.87. The van der Waals surface area contributed by atoms with E-state index < -0.39 is 0 Å². The van der Waals surface area contributed by atoms with Crippen LogP contribution >= 0.6 is 11.6 Å². The van der Waals surface area contributed by atoms with Gasteiger partial charge in [0.05, 0.1) is 0 Å². The summed E-state index contributed by atoms with van der Waals surface area (Å²) in [6.07, 6.45) is 0.804. The SMILES string of the molecule is Cc1ccc(NC(=O)c2cc(C)nc(NCCc3ccc(Cl)cc3)n2)c(C)c1. The van der Waals surface area contributed by atoms with Crippen LogP contribution in [0.5, 0.6) is 0 Å². The van der Waals surface area contributed by atoms with Gasteiger partial charge in [0.15, 0.2) is 0 Å². The molecule has 0 aliphatic heterocycles. The van der Waals surface area contributed by atoms with Crippen LogP contribution in [-0.4, -0.2) is 22.4 Å². The van der Waals surface area contributed by atoms with E-state index in [1.807, 2.05) is 63.2 Å². The maximum atomic E-state index is 12.6. The highest BCUT2D eigenvalue weighted by Gasteiger charge is 2.12. The Kier molecular flexibility index (Phi) is 6.26. The Bertz CT molecular complexity index is 986. The van der Waals surface area contributed by atoms with Gasteiger partial charge in [-0.2, -0.15) is 0 Å². The molecular weight excluding hydrogens is 372 g/mol. The van der Waals surface area contributed by atoms with Gasteiger partial charge >= 0.3 is 0 Å². The molecule has 3 aromatic rings. The highest BCUT2D eigenvalue weighted by atomic mass is 35.5. The number of aryl methyl sites for hydroxylation is 3. The van der Waals surface area contributed by atoms with Crippen molar-refractivity contribution < 1.29 is 4.79 Å². The van der Waals surface area contributed by atoms with Crippen LogP contribution in [-0.2, 0) is 6.42 Å². The van der Waals surface area contributed by atoms with Crippen molar-refractivity contribution in [3.63, 3.8) is 0 Å². The first-order valence-electron chi connectivity index (χ1n) is 9.13. The lowest BCUT2D eigenvalue weighted by Gasteiger charge is -2.11. The van der Waals surface area contributed by atoms with Crippen molar-refractivity contribution >= 4 is 29.1 Å². The minimum atomic E-state index is -0.252. The molecule has 1 aromatic heterocycles. The summed E-state index contributed by atoms with van der Waals surface area (Å²) in [4.78, 5) is 21.4. The molecule has 0 saturated carbocycles. The average molecular weight is 395 g/mol. The predicted molar refractivity (Wildman–Crippen MR) is 114 cm³/mol. The molecule has 0 atom stereocenters. The molecule has 0 radical (unpaired) electrons. The summed E-state index contributed by atoms with van der Waals surface area (Å²) >= 11 is 5.91. The fourth-order valence-corrected chi connectivity index (χ4v) is 3.00. The lowest BCUT2D eigenvalue weighted by Crippen LogP contribution is -2.17. The number of halogens is 1. The van der Waals surface area contributed by atoms with Crippen LogP contribution in [0.3, 0.4) is 0 Å². The van der Waals surface area contributed by atoms with E-state index in [1.54, 1.807) is 6.07 Å². The molecule has 144 valence electrons. The minimum absolute atomic E-state index is 0.252. The van der Waals surface area contributed by atoms with Crippen LogP contribution in [0.2, 0.25) is 5.02 Å².